The predicted octanol–water partition coefficient (Wildman–Crippen LogP) is 1.18. The van der Waals surface area contributed by atoms with Crippen LogP contribution >= 0.6 is 0 Å². The van der Waals surface area contributed by atoms with E-state index in [4.69, 9.17) is 5.73 Å². The van der Waals surface area contributed by atoms with Gasteiger partial charge in [0.25, 0.3) is 0 Å². The second-order valence-electron chi connectivity index (χ2n) is 4.95. The second-order valence-corrected chi connectivity index (χ2v) is 6.76. The zero-order valence-electron chi connectivity index (χ0n) is 12.2. The normalized spacial score (nSPS) is 11.7. The van der Waals surface area contributed by atoms with Gasteiger partial charge >= 0.3 is 0 Å². The Kier molecular flexibility index (Phi) is 4.64. The molecule has 6 nitrogen and oxygen atoms in total. The fourth-order valence-corrected chi connectivity index (χ4v) is 3.27. The molecule has 0 saturated carbocycles. The van der Waals surface area contributed by atoms with E-state index in [9.17, 15) is 8.42 Å². The Balaban J connectivity index is 2.04. The third-order valence-corrected chi connectivity index (χ3v) is 4.41. The zero-order valence-corrected chi connectivity index (χ0v) is 13.0. The van der Waals surface area contributed by atoms with E-state index in [-0.39, 0.29) is 12.3 Å². The standard InChI is InChI=1S/C14H20N4O2S/c1-3-14-12(9-18(2)17-14)8-16-21(19,20)10-11-5-4-6-13(15)7-11/h4-7,9,16H,3,8,10,15H2,1-2H3. The molecule has 0 spiro atoms. The van der Waals surface area contributed by atoms with Gasteiger partial charge in [0, 0.05) is 31.0 Å². The van der Waals surface area contributed by atoms with Crippen molar-refractivity contribution in [1.29, 1.82) is 0 Å². The van der Waals surface area contributed by atoms with Crippen LogP contribution in [0.3, 0.4) is 0 Å². The first-order valence-electron chi connectivity index (χ1n) is 6.73. The molecule has 0 saturated heterocycles. The van der Waals surface area contributed by atoms with Crippen molar-refractivity contribution < 1.29 is 8.42 Å². The minimum Gasteiger partial charge on any atom is -0.399 e. The van der Waals surface area contributed by atoms with Crippen molar-refractivity contribution in [2.45, 2.75) is 25.6 Å². The molecule has 0 aliphatic carbocycles. The number of nitrogens with two attached hydrogens (primary N) is 1. The van der Waals surface area contributed by atoms with Crippen LogP contribution in [-0.2, 0) is 35.8 Å². The van der Waals surface area contributed by atoms with Crippen LogP contribution in [0.25, 0.3) is 0 Å². The Morgan fingerprint density at radius 3 is 2.81 bits per heavy atom. The first kappa shape index (κ1) is 15.5. The summed E-state index contributed by atoms with van der Waals surface area (Å²) in [7, 11) is -1.58. The molecule has 0 aliphatic rings. The summed E-state index contributed by atoms with van der Waals surface area (Å²) < 4.78 is 28.5. The van der Waals surface area contributed by atoms with Crippen LogP contribution in [0, 0.1) is 0 Å². The summed E-state index contributed by atoms with van der Waals surface area (Å²) in [6.07, 6.45) is 2.61. The van der Waals surface area contributed by atoms with Gasteiger partial charge in [0.1, 0.15) is 0 Å². The van der Waals surface area contributed by atoms with E-state index in [0.29, 0.717) is 11.3 Å². The molecule has 0 aliphatic heterocycles. The highest BCUT2D eigenvalue weighted by Gasteiger charge is 2.14. The summed E-state index contributed by atoms with van der Waals surface area (Å²) in [4.78, 5) is 0. The van der Waals surface area contributed by atoms with Crippen molar-refractivity contribution in [3.63, 3.8) is 0 Å². The van der Waals surface area contributed by atoms with Gasteiger partial charge in [-0.05, 0) is 24.1 Å². The van der Waals surface area contributed by atoms with Gasteiger partial charge in [-0.1, -0.05) is 19.1 Å². The molecule has 7 heteroatoms. The predicted molar refractivity (Wildman–Crippen MR) is 82.9 cm³/mol. The van der Waals surface area contributed by atoms with Gasteiger partial charge in [-0.2, -0.15) is 5.10 Å². The van der Waals surface area contributed by atoms with Gasteiger partial charge in [-0.3, -0.25) is 4.68 Å². The lowest BCUT2D eigenvalue weighted by atomic mass is 10.2. The summed E-state index contributed by atoms with van der Waals surface area (Å²) >= 11 is 0. The highest BCUT2D eigenvalue weighted by molar-refractivity contribution is 7.88. The van der Waals surface area contributed by atoms with E-state index in [1.54, 1.807) is 28.9 Å². The number of nitrogens with zero attached hydrogens (tertiary/aromatic N) is 2. The summed E-state index contributed by atoms with van der Waals surface area (Å²) in [6.45, 7) is 2.24. The largest absolute Gasteiger partial charge is 0.399 e. The molecule has 0 bridgehead atoms. The average Bonchev–Trinajstić information content (AvgIpc) is 2.76. The number of aromatic nitrogens is 2. The maximum atomic E-state index is 12.1. The second kappa shape index (κ2) is 6.28. The fourth-order valence-electron chi connectivity index (χ4n) is 2.17. The van der Waals surface area contributed by atoms with Gasteiger partial charge in [-0.15, -0.1) is 0 Å². The van der Waals surface area contributed by atoms with Crippen LogP contribution in [0.4, 0.5) is 5.69 Å². The number of benzene rings is 1. The quantitative estimate of drug-likeness (QED) is 0.784. The summed E-state index contributed by atoms with van der Waals surface area (Å²) in [5.41, 5.74) is 8.69. The molecule has 21 heavy (non-hydrogen) atoms. The monoisotopic (exact) mass is 308 g/mol. The highest BCUT2D eigenvalue weighted by atomic mass is 32.2. The number of hydrogen-bond acceptors (Lipinski definition) is 4. The molecule has 3 N–H and O–H groups in total. The number of rotatable bonds is 6. The minimum atomic E-state index is -3.41. The molecule has 0 unspecified atom stereocenters. The number of sulfonamides is 1. The molecule has 1 aromatic heterocycles. The molecule has 1 aromatic carbocycles. The lowest BCUT2D eigenvalue weighted by Crippen LogP contribution is -2.25. The molecule has 0 amide bonds. The number of nitrogen functional groups attached to an aromatic ring is 1. The molecule has 0 atom stereocenters. The van der Waals surface area contributed by atoms with Crippen molar-refractivity contribution >= 4 is 15.7 Å². The van der Waals surface area contributed by atoms with Crippen LogP contribution in [0.5, 0.6) is 0 Å². The van der Waals surface area contributed by atoms with E-state index in [1.165, 1.54) is 0 Å². The topological polar surface area (TPSA) is 90.0 Å². The van der Waals surface area contributed by atoms with Crippen molar-refractivity contribution in [2.75, 3.05) is 5.73 Å². The summed E-state index contributed by atoms with van der Waals surface area (Å²) in [5, 5.41) is 4.29. The van der Waals surface area contributed by atoms with Gasteiger partial charge in [-0.25, -0.2) is 13.1 Å². The number of aryl methyl sites for hydroxylation is 2. The molecule has 2 aromatic rings. The third kappa shape index (κ3) is 4.30. The van der Waals surface area contributed by atoms with Crippen LogP contribution in [0.2, 0.25) is 0 Å². The molecular formula is C14H20N4O2S. The van der Waals surface area contributed by atoms with E-state index in [1.807, 2.05) is 20.2 Å². The zero-order chi connectivity index (χ0) is 15.5. The molecule has 2 rings (SSSR count). The van der Waals surface area contributed by atoms with Gasteiger partial charge in [0.05, 0.1) is 11.4 Å². The Morgan fingerprint density at radius 1 is 1.38 bits per heavy atom. The lowest BCUT2D eigenvalue weighted by molar-refractivity contribution is 0.580. The fraction of sp³-hybridized carbons (Fsp3) is 0.357. The smallest absolute Gasteiger partial charge is 0.216 e. The van der Waals surface area contributed by atoms with E-state index in [2.05, 4.69) is 9.82 Å². The van der Waals surface area contributed by atoms with E-state index < -0.39 is 10.0 Å². The number of anilines is 1. The first-order chi connectivity index (χ1) is 9.89. The average molecular weight is 308 g/mol. The molecule has 1 heterocycles. The van der Waals surface area contributed by atoms with Crippen molar-refractivity contribution in [3.8, 4) is 0 Å². The Bertz CT molecular complexity index is 722. The summed E-state index contributed by atoms with van der Waals surface area (Å²) in [6, 6.07) is 6.89. The van der Waals surface area contributed by atoms with E-state index in [0.717, 1.165) is 17.7 Å². The molecular weight excluding hydrogens is 288 g/mol. The molecule has 0 fully saturated rings. The maximum Gasteiger partial charge on any atom is 0.216 e. The van der Waals surface area contributed by atoms with E-state index >= 15 is 0 Å². The SMILES string of the molecule is CCc1nn(C)cc1CNS(=O)(=O)Cc1cccc(N)c1. The number of nitrogens with one attached hydrogen (secondary N) is 1. The van der Waals surface area contributed by atoms with Crippen LogP contribution < -0.4 is 10.5 Å². The van der Waals surface area contributed by atoms with Crippen molar-refractivity contribution in [3.05, 3.63) is 47.3 Å². The van der Waals surface area contributed by atoms with Crippen molar-refractivity contribution in [1.82, 2.24) is 14.5 Å². The number of hydrogen-bond donors (Lipinski definition) is 2. The first-order valence-corrected chi connectivity index (χ1v) is 8.38. The van der Waals surface area contributed by atoms with Gasteiger partial charge in [0.15, 0.2) is 0 Å². The third-order valence-electron chi connectivity index (χ3n) is 3.12. The Morgan fingerprint density at radius 2 is 2.14 bits per heavy atom. The van der Waals surface area contributed by atoms with Gasteiger partial charge < -0.3 is 5.73 Å². The minimum absolute atomic E-state index is 0.0836. The Hall–Kier alpha value is -1.86. The Labute approximate surface area is 125 Å². The van der Waals surface area contributed by atoms with Crippen molar-refractivity contribution in [2.24, 2.45) is 7.05 Å². The molecule has 0 radical (unpaired) electrons. The van der Waals surface area contributed by atoms with Gasteiger partial charge in [0.2, 0.25) is 10.0 Å². The molecule has 114 valence electrons. The summed E-state index contributed by atoms with van der Waals surface area (Å²) in [5.74, 6) is -0.0836. The maximum absolute atomic E-state index is 12.1. The highest BCUT2D eigenvalue weighted by Crippen LogP contribution is 2.11. The van der Waals surface area contributed by atoms with Crippen LogP contribution in [0.15, 0.2) is 30.5 Å². The van der Waals surface area contributed by atoms with Crippen LogP contribution in [0.1, 0.15) is 23.7 Å². The lowest BCUT2D eigenvalue weighted by Gasteiger charge is -2.07. The van der Waals surface area contributed by atoms with Crippen LogP contribution in [-0.4, -0.2) is 18.2 Å².